The zero-order valence-corrected chi connectivity index (χ0v) is 15.7. The van der Waals surface area contributed by atoms with Gasteiger partial charge in [0.15, 0.2) is 0 Å². The number of nitrogens with one attached hydrogen (secondary N) is 1. The van der Waals surface area contributed by atoms with E-state index in [0.29, 0.717) is 19.4 Å². The summed E-state index contributed by atoms with van der Waals surface area (Å²) in [4.78, 5) is 23.8. The van der Waals surface area contributed by atoms with Gasteiger partial charge in [0, 0.05) is 17.9 Å². The molecule has 2 aromatic rings. The van der Waals surface area contributed by atoms with Crippen LogP contribution in [0.1, 0.15) is 51.0 Å². The molecule has 1 aliphatic heterocycles. The Morgan fingerprint density at radius 3 is 2.63 bits per heavy atom. The van der Waals surface area contributed by atoms with Gasteiger partial charge < -0.3 is 20.3 Å². The maximum Gasteiger partial charge on any atom is 0.345 e. The molecule has 2 unspecified atom stereocenters. The van der Waals surface area contributed by atoms with Crippen LogP contribution < -0.4 is 5.32 Å². The van der Waals surface area contributed by atoms with Crippen LogP contribution in [-0.2, 0) is 22.6 Å². The molecule has 1 saturated heterocycles. The maximum absolute atomic E-state index is 11.7. The summed E-state index contributed by atoms with van der Waals surface area (Å²) in [6.07, 6.45) is 2.44. The van der Waals surface area contributed by atoms with Gasteiger partial charge >= 0.3 is 5.97 Å². The van der Waals surface area contributed by atoms with Gasteiger partial charge in [0.25, 0.3) is 0 Å². The minimum Gasteiger partial charge on any atom is -0.477 e. The molecule has 1 amide bonds. The van der Waals surface area contributed by atoms with E-state index in [2.05, 4.69) is 5.32 Å². The van der Waals surface area contributed by atoms with E-state index in [-0.39, 0.29) is 29.5 Å². The van der Waals surface area contributed by atoms with E-state index in [1.54, 1.807) is 12.1 Å². The van der Waals surface area contributed by atoms with Crippen LogP contribution in [0.5, 0.6) is 0 Å². The normalized spacial score (nSPS) is 17.7. The van der Waals surface area contributed by atoms with Crippen molar-refractivity contribution in [2.45, 2.75) is 44.4 Å². The Balaban J connectivity index is 1.72. The van der Waals surface area contributed by atoms with Crippen molar-refractivity contribution < 1.29 is 24.5 Å². The highest BCUT2D eigenvalue weighted by Gasteiger charge is 2.30. The zero-order valence-electron chi connectivity index (χ0n) is 14.9. The molecular formula is C20H23NO5S. The molecule has 0 aliphatic carbocycles. The number of aryl methyl sites for hydroxylation is 1. The number of carboxylic acids is 1. The van der Waals surface area contributed by atoms with Crippen molar-refractivity contribution in [3.8, 4) is 0 Å². The number of aromatic carboxylic acids is 1. The number of carboxylic acid groups (broad SMARTS) is 1. The van der Waals surface area contributed by atoms with Crippen molar-refractivity contribution in [3.63, 3.8) is 0 Å². The third kappa shape index (κ3) is 5.15. The van der Waals surface area contributed by atoms with Gasteiger partial charge in [0.2, 0.25) is 5.91 Å². The lowest BCUT2D eigenvalue weighted by Crippen LogP contribution is -2.32. The average molecular weight is 389 g/mol. The fourth-order valence-electron chi connectivity index (χ4n) is 3.21. The number of aliphatic hydroxyl groups excluding tert-OH is 1. The van der Waals surface area contributed by atoms with Crippen molar-refractivity contribution in [1.29, 1.82) is 0 Å². The second kappa shape index (κ2) is 9.12. The number of thiophene rings is 1. The minimum atomic E-state index is -0.940. The van der Waals surface area contributed by atoms with Crippen LogP contribution in [0.15, 0.2) is 36.4 Å². The van der Waals surface area contributed by atoms with Gasteiger partial charge in [-0.1, -0.05) is 24.3 Å². The van der Waals surface area contributed by atoms with E-state index in [9.17, 15) is 9.59 Å². The highest BCUT2D eigenvalue weighted by Crippen LogP contribution is 2.30. The molecule has 0 spiro atoms. The first-order valence-corrected chi connectivity index (χ1v) is 9.81. The Bertz CT molecular complexity index is 786. The molecule has 27 heavy (non-hydrogen) atoms. The van der Waals surface area contributed by atoms with Crippen molar-refractivity contribution in [1.82, 2.24) is 5.32 Å². The van der Waals surface area contributed by atoms with Gasteiger partial charge in [0.1, 0.15) is 11.0 Å². The number of hydrogen-bond acceptors (Lipinski definition) is 5. The highest BCUT2D eigenvalue weighted by molar-refractivity contribution is 7.13. The van der Waals surface area contributed by atoms with Gasteiger partial charge in [-0.15, -0.1) is 11.3 Å². The summed E-state index contributed by atoms with van der Waals surface area (Å²) in [6.45, 7) is 0.460. The summed E-state index contributed by atoms with van der Waals surface area (Å²) in [6, 6.07) is 11.3. The zero-order chi connectivity index (χ0) is 19.2. The Morgan fingerprint density at radius 2 is 2.04 bits per heavy atom. The lowest BCUT2D eigenvalue weighted by molar-refractivity contribution is -0.119. The fourth-order valence-corrected chi connectivity index (χ4v) is 3.98. The van der Waals surface area contributed by atoms with Crippen LogP contribution in [0.2, 0.25) is 0 Å². The number of amides is 1. The molecule has 1 fully saturated rings. The number of ether oxygens (including phenoxy) is 1. The van der Waals surface area contributed by atoms with Crippen molar-refractivity contribution in [2.24, 2.45) is 0 Å². The first-order chi connectivity index (χ1) is 13.1. The lowest BCUT2D eigenvalue weighted by Gasteiger charge is -2.24. The summed E-state index contributed by atoms with van der Waals surface area (Å²) >= 11 is 1.20. The SMILES string of the molecule is O=C1CCC(C(OCc2ccc(C(=O)O)s2)c2ccc(CCCO)cc2)N1. The monoisotopic (exact) mass is 389 g/mol. The van der Waals surface area contributed by atoms with E-state index in [0.717, 1.165) is 28.8 Å². The quantitative estimate of drug-likeness (QED) is 0.613. The van der Waals surface area contributed by atoms with Crippen LogP contribution in [-0.4, -0.2) is 34.7 Å². The van der Waals surface area contributed by atoms with E-state index in [4.69, 9.17) is 14.9 Å². The molecule has 2 heterocycles. The third-order valence-corrected chi connectivity index (χ3v) is 5.65. The number of carbonyl (C=O) groups excluding carboxylic acids is 1. The predicted octanol–water partition coefficient (Wildman–Crippen LogP) is 2.91. The Labute approximate surface area is 161 Å². The molecule has 1 aromatic carbocycles. The molecule has 0 radical (unpaired) electrons. The van der Waals surface area contributed by atoms with E-state index in [1.165, 1.54) is 11.3 Å². The van der Waals surface area contributed by atoms with Crippen molar-refractivity contribution in [2.75, 3.05) is 6.61 Å². The molecule has 6 nitrogen and oxygen atoms in total. The maximum atomic E-state index is 11.7. The second-order valence-corrected chi connectivity index (χ2v) is 7.75. The molecule has 3 N–H and O–H groups in total. The number of rotatable bonds is 9. The van der Waals surface area contributed by atoms with Crippen molar-refractivity contribution in [3.05, 3.63) is 57.3 Å². The van der Waals surface area contributed by atoms with Gasteiger partial charge in [-0.2, -0.15) is 0 Å². The molecule has 0 saturated carbocycles. The molecule has 144 valence electrons. The van der Waals surface area contributed by atoms with Crippen LogP contribution in [0.3, 0.4) is 0 Å². The fraction of sp³-hybridized carbons (Fsp3) is 0.400. The van der Waals surface area contributed by atoms with Gasteiger partial charge in [-0.3, -0.25) is 4.79 Å². The van der Waals surface area contributed by atoms with Gasteiger partial charge in [0.05, 0.1) is 12.6 Å². The molecule has 7 heteroatoms. The first-order valence-electron chi connectivity index (χ1n) is 8.99. The first kappa shape index (κ1) is 19.5. The standard InChI is InChI=1S/C20H23NO5S/c22-11-1-2-13-3-5-14(6-4-13)19(16-8-10-18(23)21-16)26-12-15-7-9-17(27-15)20(24)25/h3-7,9,16,19,22H,1-2,8,10-12H2,(H,21,23)(H,24,25). The van der Waals surface area contributed by atoms with E-state index >= 15 is 0 Å². The second-order valence-electron chi connectivity index (χ2n) is 6.58. The minimum absolute atomic E-state index is 0.0254. The third-order valence-electron chi connectivity index (χ3n) is 4.60. The Hall–Kier alpha value is -2.22. The highest BCUT2D eigenvalue weighted by atomic mass is 32.1. The Kier molecular flexibility index (Phi) is 6.60. The summed E-state index contributed by atoms with van der Waals surface area (Å²) in [5.41, 5.74) is 2.12. The average Bonchev–Trinajstić information content (AvgIpc) is 3.31. The molecule has 2 atom stereocenters. The summed E-state index contributed by atoms with van der Waals surface area (Å²) in [5.74, 6) is -0.915. The number of aliphatic hydroxyl groups is 1. The topological polar surface area (TPSA) is 95.9 Å². The van der Waals surface area contributed by atoms with Crippen LogP contribution in [0.4, 0.5) is 0 Å². The van der Waals surface area contributed by atoms with Crippen LogP contribution in [0, 0.1) is 0 Å². The molecular weight excluding hydrogens is 366 g/mol. The largest absolute Gasteiger partial charge is 0.477 e. The summed E-state index contributed by atoms with van der Waals surface area (Å²) in [7, 11) is 0. The van der Waals surface area contributed by atoms with Gasteiger partial charge in [-0.25, -0.2) is 4.79 Å². The molecule has 0 bridgehead atoms. The van der Waals surface area contributed by atoms with E-state index in [1.807, 2.05) is 24.3 Å². The molecule has 1 aliphatic rings. The molecule has 1 aromatic heterocycles. The van der Waals surface area contributed by atoms with Gasteiger partial charge in [-0.05, 0) is 42.5 Å². The summed E-state index contributed by atoms with van der Waals surface area (Å²) < 4.78 is 6.12. The van der Waals surface area contributed by atoms with Crippen LogP contribution in [0.25, 0.3) is 0 Å². The lowest BCUT2D eigenvalue weighted by atomic mass is 9.98. The Morgan fingerprint density at radius 1 is 1.26 bits per heavy atom. The molecule has 3 rings (SSSR count). The predicted molar refractivity (Wildman–Crippen MR) is 102 cm³/mol. The summed E-state index contributed by atoms with van der Waals surface area (Å²) in [5, 5.41) is 21.0. The van der Waals surface area contributed by atoms with E-state index < -0.39 is 5.97 Å². The number of hydrogen-bond donors (Lipinski definition) is 3. The number of benzene rings is 1. The van der Waals surface area contributed by atoms with Crippen LogP contribution >= 0.6 is 11.3 Å². The smallest absolute Gasteiger partial charge is 0.345 e. The van der Waals surface area contributed by atoms with Crippen molar-refractivity contribution >= 4 is 23.2 Å². The number of carbonyl (C=O) groups is 2.